The predicted octanol–water partition coefficient (Wildman–Crippen LogP) is -2.40. The molecule has 30 heteroatoms. The van der Waals surface area contributed by atoms with Crippen molar-refractivity contribution in [2.75, 3.05) is 33.2 Å². The summed E-state index contributed by atoms with van der Waals surface area (Å²) >= 11 is 5.11. The van der Waals surface area contributed by atoms with Gasteiger partial charge in [0.05, 0.1) is 26.6 Å². The number of aliphatic hydroxyl groups is 3. The molecule has 6 rings (SSSR count). The minimum Gasteiger partial charge on any atom is -0.387 e. The smallest absolute Gasteiger partial charge is 0.387 e. The van der Waals surface area contributed by atoms with Crippen molar-refractivity contribution in [3.8, 4) is 0 Å². The summed E-state index contributed by atoms with van der Waals surface area (Å²) in [6.45, 7) is -4.38. The number of hydrogen-bond acceptors (Lipinski definition) is 20. The molecular weight excluding hydrogens is 811 g/mol. The summed E-state index contributed by atoms with van der Waals surface area (Å²) in [5, 5.41) is 32.4. The monoisotopic (exact) mass is 846 g/mol. The molecule has 0 amide bonds. The number of methoxy groups -OCH3 is 1. The summed E-state index contributed by atoms with van der Waals surface area (Å²) in [5.41, 5.74) is 4.66. The van der Waals surface area contributed by atoms with Crippen molar-refractivity contribution in [1.29, 1.82) is 0 Å². The van der Waals surface area contributed by atoms with Crippen molar-refractivity contribution in [3.63, 3.8) is 0 Å². The number of imidazole rings is 2. The number of aromatic nitrogens is 8. The van der Waals surface area contributed by atoms with Gasteiger partial charge in [0, 0.05) is 14.2 Å². The molecule has 298 valence electrons. The molecule has 4 aromatic heterocycles. The number of phosphoric ester groups is 1. The summed E-state index contributed by atoms with van der Waals surface area (Å²) in [7, 11) is -7.48. The molecule has 11 atom stereocenters. The first kappa shape index (κ1) is 40.7. The fourth-order valence-electron chi connectivity index (χ4n) is 5.89. The van der Waals surface area contributed by atoms with Crippen LogP contribution in [0.5, 0.6) is 0 Å². The first-order chi connectivity index (χ1) is 25.3. The second-order valence-corrected chi connectivity index (χ2v) is 18.2. The van der Waals surface area contributed by atoms with Gasteiger partial charge in [0.1, 0.15) is 42.4 Å². The molecule has 4 aromatic rings. The van der Waals surface area contributed by atoms with Crippen molar-refractivity contribution in [1.82, 2.24) is 34.1 Å². The Bertz CT molecular complexity index is 2320. The van der Waals surface area contributed by atoms with E-state index in [9.17, 15) is 43.8 Å². The number of nitrogens with one attached hydrogen (secondary N) is 2. The van der Waals surface area contributed by atoms with E-state index in [2.05, 4.69) is 29.2 Å². The van der Waals surface area contributed by atoms with E-state index in [1.807, 2.05) is 0 Å². The maximum Gasteiger partial charge on any atom is 0.488 e. The standard InChI is InChI=1S/C24H34N9O17P3S/c1-9-27-18-12(20(37)28-9)26-7-32(18)23-16(36)17(43-3)11(48-23)6-45-51(39,40)49-52(41,42)50-53(54,44-4)46-5-10-14(34)15(35)22(47-10)33-8-31(2)13-19(33)29-24(25)30-21(13)38/h7-8,10-11,14-17,22-23,34-36H,5-6H2,1-4H3,(H5-,25,27,28,29,30,37,38,39,40,41,42)/p+1/t10-,11-,14?,15+,16+,17?,22-,23-,53?/m1/s1. The summed E-state index contributed by atoms with van der Waals surface area (Å²) in [4.78, 5) is 62.5. The SMILES string of the molecule is COC1[C@@H](COP(=O)(O)OP(=O)(O)OP(=S)(OC)OC[C@H]2O[C@@H](n3c[n+](C)c4c(=O)[nH]c(N)nc43)[C@@H](O)C2O)O[C@@H](n2cnc3c(=O)[nH]c(C)nc32)[C@H]1O. The van der Waals surface area contributed by atoms with Gasteiger partial charge < -0.3 is 59.1 Å². The summed E-state index contributed by atoms with van der Waals surface area (Å²) in [6, 6.07) is 0. The van der Waals surface area contributed by atoms with Gasteiger partial charge in [-0.3, -0.25) is 23.7 Å². The zero-order chi connectivity index (χ0) is 39.5. The van der Waals surface area contributed by atoms with E-state index in [-0.39, 0.29) is 34.1 Å². The first-order valence-corrected chi connectivity index (χ1v) is 20.9. The molecule has 5 unspecified atom stereocenters. The Hall–Kier alpha value is -2.91. The van der Waals surface area contributed by atoms with Crippen LogP contribution in [0.2, 0.25) is 0 Å². The van der Waals surface area contributed by atoms with Crippen LogP contribution in [0, 0.1) is 6.92 Å². The minimum absolute atomic E-state index is 0.0150. The highest BCUT2D eigenvalue weighted by atomic mass is 32.5. The molecule has 2 aliphatic heterocycles. The van der Waals surface area contributed by atoms with Crippen LogP contribution in [0.1, 0.15) is 18.3 Å². The zero-order valence-electron chi connectivity index (χ0n) is 28.3. The Balaban J connectivity index is 1.08. The molecule has 6 heterocycles. The molecule has 0 aliphatic carbocycles. The quantitative estimate of drug-likeness (QED) is 0.0484. The minimum atomic E-state index is -5.65. The van der Waals surface area contributed by atoms with E-state index < -0.39 is 95.8 Å². The highest BCUT2D eigenvalue weighted by Crippen LogP contribution is 2.69. The Morgan fingerprint density at radius 2 is 1.59 bits per heavy atom. The molecule has 0 radical (unpaired) electrons. The highest BCUT2D eigenvalue weighted by molar-refractivity contribution is 8.09. The molecule has 26 nitrogen and oxygen atoms in total. The van der Waals surface area contributed by atoms with E-state index in [0.717, 1.165) is 7.11 Å². The summed E-state index contributed by atoms with van der Waals surface area (Å²) in [6.07, 6.45) is -8.60. The van der Waals surface area contributed by atoms with Gasteiger partial charge in [0.15, 0.2) is 17.4 Å². The number of aryl methyl sites for hydroxylation is 2. The molecular formula is C24H35N9O17P3S+. The fraction of sp³-hybridized carbons (Fsp3) is 0.583. The third-order valence-electron chi connectivity index (χ3n) is 8.24. The van der Waals surface area contributed by atoms with Crippen LogP contribution < -0.4 is 21.4 Å². The number of aliphatic hydroxyl groups excluding tert-OH is 3. The molecule has 2 saturated heterocycles. The predicted molar refractivity (Wildman–Crippen MR) is 180 cm³/mol. The van der Waals surface area contributed by atoms with Gasteiger partial charge in [-0.15, -0.1) is 0 Å². The number of rotatable bonds is 14. The normalized spacial score (nSPS) is 29.4. The fourth-order valence-corrected chi connectivity index (χ4v) is 10.7. The molecule has 0 saturated carbocycles. The molecule has 0 aromatic carbocycles. The number of phosphoric acid groups is 2. The Morgan fingerprint density at radius 1 is 0.926 bits per heavy atom. The van der Waals surface area contributed by atoms with Crippen LogP contribution in [0.15, 0.2) is 22.2 Å². The third-order valence-corrected chi connectivity index (χ3v) is 14.3. The Morgan fingerprint density at radius 3 is 2.28 bits per heavy atom. The number of nitrogen functional groups attached to an aromatic ring is 1. The lowest BCUT2D eigenvalue weighted by molar-refractivity contribution is -0.646. The van der Waals surface area contributed by atoms with Crippen LogP contribution in [0.3, 0.4) is 0 Å². The molecule has 0 spiro atoms. The zero-order valence-corrected chi connectivity index (χ0v) is 31.8. The van der Waals surface area contributed by atoms with Crippen molar-refractivity contribution < 1.29 is 75.2 Å². The van der Waals surface area contributed by atoms with Gasteiger partial charge in [-0.05, 0) is 18.7 Å². The Kier molecular flexibility index (Phi) is 11.5. The topological polar surface area (TPSA) is 353 Å². The average molecular weight is 847 g/mol. The maximum absolute atomic E-state index is 12.9. The number of nitrogens with zero attached hydrogens (tertiary/aromatic N) is 6. The number of fused-ring (bicyclic) bond motifs is 2. The third kappa shape index (κ3) is 8.00. The second kappa shape index (κ2) is 15.2. The maximum atomic E-state index is 12.9. The van der Waals surface area contributed by atoms with E-state index in [4.69, 9.17) is 49.6 Å². The number of anilines is 1. The summed E-state index contributed by atoms with van der Waals surface area (Å²) < 4.78 is 70.9. The molecule has 2 aliphatic rings. The van der Waals surface area contributed by atoms with Crippen molar-refractivity contribution in [3.05, 3.63) is 39.2 Å². The van der Waals surface area contributed by atoms with Gasteiger partial charge in [0.2, 0.25) is 18.5 Å². The van der Waals surface area contributed by atoms with Crippen molar-refractivity contribution in [2.24, 2.45) is 7.05 Å². The van der Waals surface area contributed by atoms with Crippen LogP contribution in [-0.2, 0) is 64.4 Å². The number of ether oxygens (including phenoxy) is 3. The van der Waals surface area contributed by atoms with Crippen LogP contribution in [-0.4, -0.2) is 123 Å². The number of hydrogen-bond donors (Lipinski definition) is 8. The molecule has 2 fully saturated rings. The van der Waals surface area contributed by atoms with E-state index in [1.165, 1.54) is 47.4 Å². The molecule has 0 bridgehead atoms. The number of H-pyrrole nitrogens is 2. The van der Waals surface area contributed by atoms with E-state index >= 15 is 0 Å². The lowest BCUT2D eigenvalue weighted by Crippen LogP contribution is -2.35. The van der Waals surface area contributed by atoms with Crippen LogP contribution in [0.4, 0.5) is 5.95 Å². The lowest BCUT2D eigenvalue weighted by Gasteiger charge is -2.25. The van der Waals surface area contributed by atoms with Crippen molar-refractivity contribution >= 4 is 62.4 Å². The van der Waals surface area contributed by atoms with E-state index in [0.29, 0.717) is 0 Å². The number of aromatic amines is 2. The average Bonchev–Trinajstić information content (AvgIpc) is 3.80. The van der Waals surface area contributed by atoms with Gasteiger partial charge in [-0.1, -0.05) is 0 Å². The van der Waals surface area contributed by atoms with Gasteiger partial charge in [-0.2, -0.15) is 13.9 Å². The lowest BCUT2D eigenvalue weighted by atomic mass is 10.1. The Labute approximate surface area is 306 Å². The highest BCUT2D eigenvalue weighted by Gasteiger charge is 2.50. The molecule has 9 N–H and O–H groups in total. The summed E-state index contributed by atoms with van der Waals surface area (Å²) in [5.74, 6) is 0.0253. The van der Waals surface area contributed by atoms with Gasteiger partial charge in [-0.25, -0.2) is 28.0 Å². The van der Waals surface area contributed by atoms with Gasteiger partial charge in [0.25, 0.3) is 16.7 Å². The van der Waals surface area contributed by atoms with E-state index in [1.54, 1.807) is 0 Å². The molecule has 54 heavy (non-hydrogen) atoms. The largest absolute Gasteiger partial charge is 0.488 e. The van der Waals surface area contributed by atoms with Crippen LogP contribution in [0.25, 0.3) is 22.3 Å². The van der Waals surface area contributed by atoms with Crippen LogP contribution >= 0.6 is 22.4 Å². The first-order valence-electron chi connectivity index (χ1n) is 15.4. The number of nitrogens with two attached hydrogens (primary N) is 1. The van der Waals surface area contributed by atoms with Crippen molar-refractivity contribution in [2.45, 2.75) is 56.0 Å². The second-order valence-electron chi connectivity index (χ2n) is 11.9. The van der Waals surface area contributed by atoms with Gasteiger partial charge >= 0.3 is 27.9 Å².